The average molecular weight is 501 g/mol. The van der Waals surface area contributed by atoms with Crippen LogP contribution in [0.3, 0.4) is 0 Å². The highest BCUT2D eigenvalue weighted by Gasteiger charge is 2.33. The van der Waals surface area contributed by atoms with Crippen LogP contribution < -0.4 is 14.8 Å². The molecular weight excluding hydrogens is 468 g/mol. The summed E-state index contributed by atoms with van der Waals surface area (Å²) >= 11 is 0. The summed E-state index contributed by atoms with van der Waals surface area (Å²) < 4.78 is 10.9. The van der Waals surface area contributed by atoms with Crippen molar-refractivity contribution in [2.75, 3.05) is 25.5 Å². The van der Waals surface area contributed by atoms with E-state index < -0.39 is 12.1 Å². The number of esters is 1. The fourth-order valence-corrected chi connectivity index (χ4v) is 4.86. The van der Waals surface area contributed by atoms with Gasteiger partial charge in [0.25, 0.3) is 0 Å². The molecule has 1 unspecified atom stereocenters. The summed E-state index contributed by atoms with van der Waals surface area (Å²) in [5.74, 6) is 0.290. The first-order valence-corrected chi connectivity index (χ1v) is 12.6. The molecule has 0 spiro atoms. The Morgan fingerprint density at radius 2 is 1.73 bits per heavy atom. The van der Waals surface area contributed by atoms with Crippen LogP contribution in [0.25, 0.3) is 0 Å². The SMILES string of the molecule is CCC1(c2cccc(OC(=O)Nc3ccc(C(=O)Oc4ccc(C=O)cc4)cc3)c2)CCCCN(C)C1. The monoisotopic (exact) mass is 500 g/mol. The van der Waals surface area contributed by atoms with Gasteiger partial charge in [-0.2, -0.15) is 0 Å². The smallest absolute Gasteiger partial charge is 0.417 e. The molecule has 0 bridgehead atoms. The number of rotatable bonds is 7. The maximum absolute atomic E-state index is 12.6. The largest absolute Gasteiger partial charge is 0.423 e. The second kappa shape index (κ2) is 11.8. The quantitative estimate of drug-likeness (QED) is 0.240. The number of benzene rings is 3. The molecule has 1 aliphatic heterocycles. The summed E-state index contributed by atoms with van der Waals surface area (Å²) in [5, 5.41) is 2.70. The van der Waals surface area contributed by atoms with Gasteiger partial charge in [0, 0.05) is 23.2 Å². The number of hydrogen-bond donors (Lipinski definition) is 1. The number of carbonyl (C=O) groups excluding carboxylic acids is 3. The van der Waals surface area contributed by atoms with E-state index in [4.69, 9.17) is 9.47 Å². The predicted molar refractivity (Wildman–Crippen MR) is 143 cm³/mol. The molecule has 7 nitrogen and oxygen atoms in total. The minimum atomic E-state index is -0.605. The van der Waals surface area contributed by atoms with Crippen molar-refractivity contribution in [1.29, 1.82) is 0 Å². The zero-order chi connectivity index (χ0) is 26.3. The third-order valence-electron chi connectivity index (χ3n) is 6.95. The lowest BCUT2D eigenvalue weighted by molar-refractivity contribution is 0.0734. The molecule has 3 aromatic carbocycles. The number of carbonyl (C=O) groups is 3. The molecule has 0 aliphatic carbocycles. The number of aldehydes is 1. The maximum Gasteiger partial charge on any atom is 0.417 e. The highest BCUT2D eigenvalue weighted by atomic mass is 16.6. The third kappa shape index (κ3) is 6.62. The van der Waals surface area contributed by atoms with Crippen molar-refractivity contribution in [1.82, 2.24) is 4.90 Å². The number of likely N-dealkylation sites (tertiary alicyclic amines) is 1. The Balaban J connectivity index is 1.37. The fraction of sp³-hybridized carbons (Fsp3) is 0.300. The fourth-order valence-electron chi connectivity index (χ4n) is 4.86. The molecule has 192 valence electrons. The summed E-state index contributed by atoms with van der Waals surface area (Å²) in [4.78, 5) is 38.1. The zero-order valence-electron chi connectivity index (χ0n) is 21.2. The Morgan fingerprint density at radius 1 is 0.973 bits per heavy atom. The van der Waals surface area contributed by atoms with Crippen LogP contribution >= 0.6 is 0 Å². The van der Waals surface area contributed by atoms with Crippen molar-refractivity contribution in [3.05, 3.63) is 89.5 Å². The van der Waals surface area contributed by atoms with E-state index >= 15 is 0 Å². The van der Waals surface area contributed by atoms with Crippen molar-refractivity contribution in [3.8, 4) is 11.5 Å². The van der Waals surface area contributed by atoms with E-state index in [-0.39, 0.29) is 5.41 Å². The first-order valence-electron chi connectivity index (χ1n) is 12.6. The van der Waals surface area contributed by atoms with E-state index in [2.05, 4.69) is 30.3 Å². The van der Waals surface area contributed by atoms with E-state index in [0.717, 1.165) is 32.2 Å². The van der Waals surface area contributed by atoms with Crippen LogP contribution in [0.1, 0.15) is 58.9 Å². The van der Waals surface area contributed by atoms with Crippen LogP contribution in [-0.4, -0.2) is 43.4 Å². The molecule has 3 aromatic rings. The molecule has 0 saturated carbocycles. The molecule has 1 aliphatic rings. The molecule has 4 rings (SSSR count). The topological polar surface area (TPSA) is 84.9 Å². The molecule has 1 saturated heterocycles. The number of nitrogens with one attached hydrogen (secondary N) is 1. The molecule has 1 heterocycles. The molecule has 1 atom stereocenters. The van der Waals surface area contributed by atoms with Gasteiger partial charge in [0.05, 0.1) is 5.56 Å². The first kappa shape index (κ1) is 26.1. The van der Waals surface area contributed by atoms with Crippen molar-refractivity contribution in [3.63, 3.8) is 0 Å². The molecule has 0 radical (unpaired) electrons. The van der Waals surface area contributed by atoms with Gasteiger partial charge >= 0.3 is 12.1 Å². The van der Waals surface area contributed by atoms with Crippen LogP contribution in [0.15, 0.2) is 72.8 Å². The summed E-state index contributed by atoms with van der Waals surface area (Å²) in [6.07, 6.45) is 4.62. The number of amides is 1. The Bertz CT molecular complexity index is 1240. The summed E-state index contributed by atoms with van der Waals surface area (Å²) in [5.41, 5.74) is 2.54. The molecule has 0 aromatic heterocycles. The van der Waals surface area contributed by atoms with Crippen molar-refractivity contribution in [2.24, 2.45) is 0 Å². The normalized spacial score (nSPS) is 17.9. The second-order valence-corrected chi connectivity index (χ2v) is 9.52. The standard InChI is InChI=1S/C30H32N2O5/c1-3-30(17-4-5-18-32(2)21-30)24-7-6-8-27(19-24)37-29(35)31-25-13-11-23(12-14-25)28(34)36-26-15-9-22(20-33)10-16-26/h6-16,19-20H,3-5,17-18,21H2,1-2H3,(H,31,35). The number of likely N-dealkylation sites (N-methyl/N-ethyl adjacent to an activating group) is 1. The van der Waals surface area contributed by atoms with Crippen LogP contribution in [0.5, 0.6) is 11.5 Å². The van der Waals surface area contributed by atoms with E-state index in [1.165, 1.54) is 18.4 Å². The predicted octanol–water partition coefficient (Wildman–Crippen LogP) is 6.09. The lowest BCUT2D eigenvalue weighted by Crippen LogP contribution is -2.37. The zero-order valence-corrected chi connectivity index (χ0v) is 21.2. The molecule has 7 heteroatoms. The van der Waals surface area contributed by atoms with Gasteiger partial charge in [-0.3, -0.25) is 10.1 Å². The molecule has 1 N–H and O–H groups in total. The van der Waals surface area contributed by atoms with Gasteiger partial charge in [-0.1, -0.05) is 25.5 Å². The Hall–Kier alpha value is -3.97. The van der Waals surface area contributed by atoms with Crippen molar-refractivity contribution in [2.45, 2.75) is 38.0 Å². The third-order valence-corrected chi connectivity index (χ3v) is 6.95. The highest BCUT2D eigenvalue weighted by Crippen LogP contribution is 2.37. The van der Waals surface area contributed by atoms with Crippen LogP contribution in [-0.2, 0) is 5.41 Å². The lowest BCUT2D eigenvalue weighted by atomic mass is 9.74. The molecule has 37 heavy (non-hydrogen) atoms. The number of anilines is 1. The first-order chi connectivity index (χ1) is 17.9. The van der Waals surface area contributed by atoms with Gasteiger partial charge < -0.3 is 14.4 Å². The highest BCUT2D eigenvalue weighted by molar-refractivity contribution is 5.92. The molecule has 1 amide bonds. The van der Waals surface area contributed by atoms with Gasteiger partial charge in [-0.05, 0) is 99.1 Å². The van der Waals surface area contributed by atoms with Crippen LogP contribution in [0, 0.1) is 0 Å². The average Bonchev–Trinajstić information content (AvgIpc) is 3.11. The van der Waals surface area contributed by atoms with Gasteiger partial charge in [0.1, 0.15) is 17.8 Å². The summed E-state index contributed by atoms with van der Waals surface area (Å²) in [6, 6.07) is 20.4. The number of nitrogens with zero attached hydrogens (tertiary/aromatic N) is 1. The molecule has 1 fully saturated rings. The maximum atomic E-state index is 12.6. The molecular formula is C30H32N2O5. The van der Waals surface area contributed by atoms with Gasteiger partial charge in [-0.25, -0.2) is 9.59 Å². The Kier molecular flexibility index (Phi) is 8.36. The second-order valence-electron chi connectivity index (χ2n) is 9.52. The minimum Gasteiger partial charge on any atom is -0.423 e. The number of hydrogen-bond acceptors (Lipinski definition) is 6. The Labute approximate surface area is 217 Å². The van der Waals surface area contributed by atoms with E-state index in [0.29, 0.717) is 28.3 Å². The minimum absolute atomic E-state index is 0.0437. The summed E-state index contributed by atoms with van der Waals surface area (Å²) in [7, 11) is 2.17. The van der Waals surface area contributed by atoms with Crippen molar-refractivity contribution < 1.29 is 23.9 Å². The van der Waals surface area contributed by atoms with Crippen LogP contribution in [0.4, 0.5) is 10.5 Å². The number of ether oxygens (including phenoxy) is 2. The lowest BCUT2D eigenvalue weighted by Gasteiger charge is -2.35. The van der Waals surface area contributed by atoms with E-state index in [1.807, 2.05) is 12.1 Å². The Morgan fingerprint density at radius 3 is 2.43 bits per heavy atom. The van der Waals surface area contributed by atoms with Crippen LogP contribution in [0.2, 0.25) is 0 Å². The van der Waals surface area contributed by atoms with Crippen molar-refractivity contribution >= 4 is 24.0 Å². The van der Waals surface area contributed by atoms with E-state index in [9.17, 15) is 14.4 Å². The van der Waals surface area contributed by atoms with Gasteiger partial charge in [0.15, 0.2) is 0 Å². The van der Waals surface area contributed by atoms with E-state index in [1.54, 1.807) is 54.6 Å². The van der Waals surface area contributed by atoms with Gasteiger partial charge in [-0.15, -0.1) is 0 Å². The summed E-state index contributed by atoms with van der Waals surface area (Å²) in [6.45, 7) is 4.31. The van der Waals surface area contributed by atoms with Gasteiger partial charge in [0.2, 0.25) is 0 Å².